The lowest BCUT2D eigenvalue weighted by Gasteiger charge is -2.26. The number of nitriles is 1. The summed E-state index contributed by atoms with van der Waals surface area (Å²) in [6.45, 7) is 2.89. The van der Waals surface area contributed by atoms with Crippen LogP contribution in [0.4, 0.5) is 11.6 Å². The minimum atomic E-state index is 0.0536. The molecule has 2 aromatic heterocycles. The molecule has 33 heavy (non-hydrogen) atoms. The van der Waals surface area contributed by atoms with Crippen LogP contribution in [0.3, 0.4) is 0 Å². The lowest BCUT2D eigenvalue weighted by atomic mass is 9.94. The van der Waals surface area contributed by atoms with Crippen LogP contribution in [0.15, 0.2) is 65.7 Å². The Balaban J connectivity index is 1.59. The lowest BCUT2D eigenvalue weighted by molar-refractivity contribution is 0.564. The number of nitrogens with one attached hydrogen (secondary N) is 2. The van der Waals surface area contributed by atoms with Crippen molar-refractivity contribution < 1.29 is 0 Å². The molecule has 164 valence electrons. The topological polar surface area (TPSA) is 93.0 Å². The van der Waals surface area contributed by atoms with Crippen LogP contribution in [0.1, 0.15) is 23.9 Å². The van der Waals surface area contributed by atoms with Gasteiger partial charge in [0.25, 0.3) is 0 Å². The highest BCUT2D eigenvalue weighted by Gasteiger charge is 2.25. The van der Waals surface area contributed by atoms with E-state index in [4.69, 9.17) is 15.2 Å². The summed E-state index contributed by atoms with van der Waals surface area (Å²) in [7, 11) is 1.96. The summed E-state index contributed by atoms with van der Waals surface area (Å²) in [5, 5.41) is 12.6. The van der Waals surface area contributed by atoms with Gasteiger partial charge in [0, 0.05) is 36.8 Å². The monoisotopic (exact) mass is 435 g/mol. The molecular weight excluding hydrogens is 410 g/mol. The second-order valence-corrected chi connectivity index (χ2v) is 8.11. The van der Waals surface area contributed by atoms with Crippen LogP contribution in [0, 0.1) is 11.3 Å². The normalized spacial score (nSPS) is 19.0. The van der Waals surface area contributed by atoms with Crippen LogP contribution in [-0.4, -0.2) is 46.8 Å². The van der Waals surface area contributed by atoms with Gasteiger partial charge < -0.3 is 15.2 Å². The molecule has 2 aliphatic rings. The number of aryl methyl sites for hydroxylation is 1. The molecule has 7 nitrogen and oxygen atoms in total. The third kappa shape index (κ3) is 4.09. The average molecular weight is 436 g/mol. The number of aromatic amines is 1. The number of anilines is 2. The van der Waals surface area contributed by atoms with Gasteiger partial charge in [-0.05, 0) is 48.9 Å². The number of fused-ring (bicyclic) bond motifs is 1. The molecule has 5 rings (SSSR count). The Morgan fingerprint density at radius 3 is 2.79 bits per heavy atom. The fourth-order valence-corrected chi connectivity index (χ4v) is 4.12. The lowest BCUT2D eigenvalue weighted by Crippen LogP contribution is -2.42. The summed E-state index contributed by atoms with van der Waals surface area (Å²) < 4.78 is 0. The second-order valence-electron chi connectivity index (χ2n) is 8.11. The SMILES string of the molecule is CCc1cccc(-c2[nH]c(N(C)c3ccc(C#N)cc3)nc2C2=CC3N=CCNC3C=C2)n1. The molecule has 0 spiro atoms. The van der Waals surface area contributed by atoms with E-state index in [1.54, 1.807) is 0 Å². The van der Waals surface area contributed by atoms with Crippen LogP contribution in [0.25, 0.3) is 17.0 Å². The van der Waals surface area contributed by atoms with Crippen molar-refractivity contribution in [3.63, 3.8) is 0 Å². The maximum Gasteiger partial charge on any atom is 0.208 e. The number of allylic oxidation sites excluding steroid dienone is 2. The van der Waals surface area contributed by atoms with E-state index < -0.39 is 0 Å². The minimum absolute atomic E-state index is 0.0536. The summed E-state index contributed by atoms with van der Waals surface area (Å²) in [6.07, 6.45) is 9.24. The van der Waals surface area contributed by atoms with Crippen molar-refractivity contribution in [2.75, 3.05) is 18.5 Å². The molecule has 1 aliphatic carbocycles. The minimum Gasteiger partial charge on any atom is -0.322 e. The van der Waals surface area contributed by atoms with Gasteiger partial charge in [-0.1, -0.05) is 25.1 Å². The van der Waals surface area contributed by atoms with Gasteiger partial charge in [0.2, 0.25) is 5.95 Å². The summed E-state index contributed by atoms with van der Waals surface area (Å²) in [4.78, 5) is 20.0. The third-order valence-corrected chi connectivity index (χ3v) is 6.02. The zero-order chi connectivity index (χ0) is 22.8. The van der Waals surface area contributed by atoms with Crippen molar-refractivity contribution in [2.24, 2.45) is 4.99 Å². The van der Waals surface area contributed by atoms with Crippen LogP contribution >= 0.6 is 0 Å². The first-order valence-corrected chi connectivity index (χ1v) is 11.1. The number of hydrogen-bond donors (Lipinski definition) is 2. The fraction of sp³-hybridized carbons (Fsp3) is 0.231. The van der Waals surface area contributed by atoms with E-state index in [0.717, 1.165) is 47.0 Å². The third-order valence-electron chi connectivity index (χ3n) is 6.02. The molecule has 2 unspecified atom stereocenters. The van der Waals surface area contributed by atoms with Crippen molar-refractivity contribution >= 4 is 23.4 Å². The van der Waals surface area contributed by atoms with Gasteiger partial charge in [0.15, 0.2) is 0 Å². The predicted molar refractivity (Wildman–Crippen MR) is 132 cm³/mol. The summed E-state index contributed by atoms with van der Waals surface area (Å²) in [5.74, 6) is 0.704. The molecule has 2 atom stereocenters. The molecule has 1 aromatic carbocycles. The Morgan fingerprint density at radius 1 is 1.15 bits per heavy atom. The number of benzene rings is 1. The number of aromatic nitrogens is 3. The molecule has 0 saturated heterocycles. The van der Waals surface area contributed by atoms with Gasteiger partial charge in [0.05, 0.1) is 40.8 Å². The molecule has 7 heteroatoms. The molecule has 3 heterocycles. The highest BCUT2D eigenvalue weighted by atomic mass is 15.2. The number of aliphatic imine (C=N–C) groups is 1. The zero-order valence-electron chi connectivity index (χ0n) is 18.7. The van der Waals surface area contributed by atoms with E-state index in [1.165, 1.54) is 0 Å². The first-order valence-electron chi connectivity index (χ1n) is 11.1. The van der Waals surface area contributed by atoms with Crippen molar-refractivity contribution in [1.82, 2.24) is 20.3 Å². The van der Waals surface area contributed by atoms with E-state index in [0.29, 0.717) is 11.5 Å². The predicted octanol–water partition coefficient (Wildman–Crippen LogP) is 4.04. The molecule has 0 amide bonds. The molecular formula is C26H25N7. The van der Waals surface area contributed by atoms with E-state index in [1.807, 2.05) is 60.6 Å². The van der Waals surface area contributed by atoms with Gasteiger partial charge in [0.1, 0.15) is 0 Å². The molecule has 3 aromatic rings. The van der Waals surface area contributed by atoms with Crippen molar-refractivity contribution in [2.45, 2.75) is 25.4 Å². The van der Waals surface area contributed by atoms with Gasteiger partial charge in [-0.2, -0.15) is 5.26 Å². The second kappa shape index (κ2) is 8.85. The standard InChI is InChI=1S/C26H25N7/c1-3-19-5-4-6-22(30-19)25-24(18-9-12-21-23(15-18)29-14-13-28-21)31-26(32-25)33(2)20-10-7-17(16-27)8-11-20/h4-12,14-15,21,23,28H,3,13H2,1-2H3,(H,31,32). The van der Waals surface area contributed by atoms with E-state index in [2.05, 4.69) is 46.5 Å². The maximum absolute atomic E-state index is 9.10. The number of hydrogen-bond acceptors (Lipinski definition) is 6. The maximum atomic E-state index is 9.10. The fourth-order valence-electron chi connectivity index (χ4n) is 4.12. The highest BCUT2D eigenvalue weighted by Crippen LogP contribution is 2.33. The molecule has 0 bridgehead atoms. The van der Waals surface area contributed by atoms with Gasteiger partial charge >= 0.3 is 0 Å². The quantitative estimate of drug-likeness (QED) is 0.631. The first-order chi connectivity index (χ1) is 16.2. The van der Waals surface area contributed by atoms with Crippen molar-refractivity contribution in [1.29, 1.82) is 5.26 Å². The van der Waals surface area contributed by atoms with E-state index in [-0.39, 0.29) is 12.1 Å². The number of H-pyrrole nitrogens is 1. The number of imidazole rings is 1. The molecule has 1 aliphatic heterocycles. The number of pyridine rings is 1. The Kier molecular flexibility index (Phi) is 5.59. The molecule has 0 fully saturated rings. The van der Waals surface area contributed by atoms with Crippen molar-refractivity contribution in [3.8, 4) is 17.5 Å². The van der Waals surface area contributed by atoms with Crippen LogP contribution in [0.2, 0.25) is 0 Å². The Morgan fingerprint density at radius 2 is 2.00 bits per heavy atom. The number of rotatable bonds is 5. The van der Waals surface area contributed by atoms with Crippen molar-refractivity contribution in [3.05, 3.63) is 77.6 Å². The average Bonchev–Trinajstić information content (AvgIpc) is 3.33. The largest absolute Gasteiger partial charge is 0.322 e. The Labute approximate surface area is 193 Å². The summed E-state index contributed by atoms with van der Waals surface area (Å²) >= 11 is 0. The van der Waals surface area contributed by atoms with Crippen LogP contribution in [-0.2, 0) is 6.42 Å². The van der Waals surface area contributed by atoms with Gasteiger partial charge in [-0.15, -0.1) is 0 Å². The summed E-state index contributed by atoms with van der Waals surface area (Å²) in [5.41, 5.74) is 6.20. The molecule has 2 N–H and O–H groups in total. The summed E-state index contributed by atoms with van der Waals surface area (Å²) in [6, 6.07) is 16.0. The smallest absolute Gasteiger partial charge is 0.208 e. The Bertz CT molecular complexity index is 1290. The number of nitrogens with zero attached hydrogens (tertiary/aromatic N) is 5. The van der Waals surface area contributed by atoms with Crippen LogP contribution in [0.5, 0.6) is 0 Å². The van der Waals surface area contributed by atoms with Crippen LogP contribution < -0.4 is 10.2 Å². The van der Waals surface area contributed by atoms with E-state index >= 15 is 0 Å². The van der Waals surface area contributed by atoms with Gasteiger partial charge in [-0.25, -0.2) is 4.98 Å². The molecule has 0 saturated carbocycles. The first kappa shape index (κ1) is 20.9. The molecule has 0 radical (unpaired) electrons. The van der Waals surface area contributed by atoms with E-state index in [9.17, 15) is 0 Å². The highest BCUT2D eigenvalue weighted by molar-refractivity contribution is 5.84. The zero-order valence-corrected chi connectivity index (χ0v) is 18.7. The Hall–Kier alpha value is -4.02. The van der Waals surface area contributed by atoms with Gasteiger partial charge in [-0.3, -0.25) is 9.98 Å².